The van der Waals surface area contributed by atoms with E-state index in [-0.39, 0.29) is 38.9 Å². The fraction of sp³-hybridized carbons (Fsp3) is 0.238. The van der Waals surface area contributed by atoms with Gasteiger partial charge in [-0.2, -0.15) is 0 Å². The zero-order valence-corrected chi connectivity index (χ0v) is 16.6. The SMILES string of the molecule is CC(C)CCN1C(=O)c2ccc(C(=O)Nc3cc(Cl)ccc3C(=O)[O-])cc2C1=O. The van der Waals surface area contributed by atoms with E-state index in [0.29, 0.717) is 18.9 Å². The number of amides is 3. The Labute approximate surface area is 172 Å². The third-order valence-electron chi connectivity index (χ3n) is 4.61. The van der Waals surface area contributed by atoms with Crippen molar-refractivity contribution in [2.75, 3.05) is 11.9 Å². The maximum Gasteiger partial charge on any atom is 0.261 e. The first-order chi connectivity index (χ1) is 13.7. The molecule has 3 amide bonds. The van der Waals surface area contributed by atoms with E-state index < -0.39 is 17.8 Å². The number of carboxylic acid groups (broad SMARTS) is 1. The Kier molecular flexibility index (Phi) is 5.70. The topological polar surface area (TPSA) is 107 Å². The molecule has 0 radical (unpaired) electrons. The van der Waals surface area contributed by atoms with Crippen LogP contribution in [0.5, 0.6) is 0 Å². The van der Waals surface area contributed by atoms with Gasteiger partial charge in [0.1, 0.15) is 0 Å². The highest BCUT2D eigenvalue weighted by Gasteiger charge is 2.35. The summed E-state index contributed by atoms with van der Waals surface area (Å²) in [4.78, 5) is 50.1. The zero-order chi connectivity index (χ0) is 21.3. The van der Waals surface area contributed by atoms with E-state index in [0.717, 1.165) is 0 Å². The average Bonchev–Trinajstić information content (AvgIpc) is 2.89. The van der Waals surface area contributed by atoms with Crippen molar-refractivity contribution >= 4 is 41.0 Å². The van der Waals surface area contributed by atoms with Crippen molar-refractivity contribution in [2.45, 2.75) is 20.3 Å². The molecule has 0 aromatic heterocycles. The molecule has 8 heteroatoms. The third-order valence-corrected chi connectivity index (χ3v) is 4.85. The lowest BCUT2D eigenvalue weighted by Crippen LogP contribution is -2.31. The molecule has 0 saturated heterocycles. The molecule has 1 N–H and O–H groups in total. The number of benzene rings is 2. The molecule has 0 aliphatic carbocycles. The molecule has 2 aromatic rings. The maximum absolute atomic E-state index is 12.6. The van der Waals surface area contributed by atoms with Crippen molar-refractivity contribution in [2.24, 2.45) is 5.92 Å². The minimum atomic E-state index is -1.47. The Morgan fingerprint density at radius 1 is 1.07 bits per heavy atom. The fourth-order valence-corrected chi connectivity index (χ4v) is 3.19. The Bertz CT molecular complexity index is 1030. The molecule has 0 unspecified atom stereocenters. The highest BCUT2D eigenvalue weighted by atomic mass is 35.5. The van der Waals surface area contributed by atoms with Crippen LogP contribution in [0.25, 0.3) is 0 Å². The predicted molar refractivity (Wildman–Crippen MR) is 105 cm³/mol. The minimum absolute atomic E-state index is 0.0241. The average molecular weight is 414 g/mol. The smallest absolute Gasteiger partial charge is 0.261 e. The summed E-state index contributed by atoms with van der Waals surface area (Å²) in [5.41, 5.74) is 0.255. The number of rotatable bonds is 6. The van der Waals surface area contributed by atoms with Crippen LogP contribution < -0.4 is 10.4 Å². The number of fused-ring (bicyclic) bond motifs is 1. The number of imide groups is 1. The van der Waals surface area contributed by atoms with Crippen LogP contribution in [0, 0.1) is 5.92 Å². The van der Waals surface area contributed by atoms with Gasteiger partial charge in [0, 0.05) is 22.7 Å². The number of anilines is 1. The molecule has 0 atom stereocenters. The van der Waals surface area contributed by atoms with E-state index in [9.17, 15) is 24.3 Å². The van der Waals surface area contributed by atoms with E-state index in [4.69, 9.17) is 11.6 Å². The summed E-state index contributed by atoms with van der Waals surface area (Å²) < 4.78 is 0. The van der Waals surface area contributed by atoms with Gasteiger partial charge in [0.05, 0.1) is 22.8 Å². The summed E-state index contributed by atoms with van der Waals surface area (Å²) in [6, 6.07) is 8.06. The molecule has 150 valence electrons. The van der Waals surface area contributed by atoms with Crippen molar-refractivity contribution in [3.8, 4) is 0 Å². The largest absolute Gasteiger partial charge is 0.545 e. The molecule has 0 spiro atoms. The van der Waals surface area contributed by atoms with Crippen molar-refractivity contribution < 1.29 is 24.3 Å². The van der Waals surface area contributed by atoms with E-state index in [2.05, 4.69) is 5.32 Å². The van der Waals surface area contributed by atoms with Gasteiger partial charge in [-0.15, -0.1) is 0 Å². The molecule has 1 aliphatic heterocycles. The Morgan fingerprint density at radius 3 is 2.41 bits per heavy atom. The Balaban J connectivity index is 1.86. The van der Waals surface area contributed by atoms with Gasteiger partial charge >= 0.3 is 0 Å². The number of hydrogen-bond acceptors (Lipinski definition) is 5. The number of carbonyl (C=O) groups excluding carboxylic acids is 4. The highest BCUT2D eigenvalue weighted by molar-refractivity contribution is 6.31. The predicted octanol–water partition coefficient (Wildman–Crippen LogP) is 2.60. The number of halogens is 1. The van der Waals surface area contributed by atoms with E-state index in [1.54, 1.807) is 0 Å². The van der Waals surface area contributed by atoms with Crippen LogP contribution in [-0.4, -0.2) is 35.1 Å². The van der Waals surface area contributed by atoms with Gasteiger partial charge in [-0.25, -0.2) is 0 Å². The number of carboxylic acids is 1. The molecule has 1 heterocycles. The molecule has 3 rings (SSSR count). The van der Waals surface area contributed by atoms with Gasteiger partial charge in [0.15, 0.2) is 0 Å². The number of nitrogens with zero attached hydrogens (tertiary/aromatic N) is 1. The van der Waals surface area contributed by atoms with Crippen LogP contribution in [0.2, 0.25) is 5.02 Å². The summed E-state index contributed by atoms with van der Waals surface area (Å²) in [6.45, 7) is 4.30. The molecule has 2 aromatic carbocycles. The molecule has 1 aliphatic rings. The lowest BCUT2D eigenvalue weighted by molar-refractivity contribution is -0.254. The normalized spacial score (nSPS) is 13.0. The molecule has 0 saturated carbocycles. The second-order valence-corrected chi connectivity index (χ2v) is 7.57. The zero-order valence-electron chi connectivity index (χ0n) is 15.8. The third kappa shape index (κ3) is 4.14. The van der Waals surface area contributed by atoms with E-state index >= 15 is 0 Å². The molecular formula is C21H18ClN2O5-. The van der Waals surface area contributed by atoms with Gasteiger partial charge in [0.25, 0.3) is 17.7 Å². The number of hydrogen-bond donors (Lipinski definition) is 1. The standard InChI is InChI=1S/C21H19ClN2O5/c1-11(2)7-8-24-19(26)14-5-3-12(9-16(14)20(24)27)18(25)23-17-10-13(22)4-6-15(17)21(28)29/h3-6,9-11H,7-8H2,1-2H3,(H,23,25)(H,28,29)/p-1. The molecule has 0 fully saturated rings. The Morgan fingerprint density at radius 2 is 1.76 bits per heavy atom. The van der Waals surface area contributed by atoms with Gasteiger partial charge in [-0.3, -0.25) is 19.3 Å². The van der Waals surface area contributed by atoms with Crippen LogP contribution in [0.15, 0.2) is 36.4 Å². The van der Waals surface area contributed by atoms with Crippen molar-refractivity contribution in [1.82, 2.24) is 4.90 Å². The molecule has 29 heavy (non-hydrogen) atoms. The summed E-state index contributed by atoms with van der Waals surface area (Å²) in [5.74, 6) is -2.60. The van der Waals surface area contributed by atoms with Crippen LogP contribution in [-0.2, 0) is 0 Å². The first kappa shape index (κ1) is 20.5. The summed E-state index contributed by atoms with van der Waals surface area (Å²) in [7, 11) is 0. The molecule has 7 nitrogen and oxygen atoms in total. The van der Waals surface area contributed by atoms with Crippen molar-refractivity contribution in [3.63, 3.8) is 0 Å². The summed E-state index contributed by atoms with van der Waals surface area (Å²) in [6.07, 6.45) is 0.680. The van der Waals surface area contributed by atoms with Crippen LogP contribution in [0.4, 0.5) is 5.69 Å². The summed E-state index contributed by atoms with van der Waals surface area (Å²) >= 11 is 5.88. The maximum atomic E-state index is 12.6. The molecule has 0 bridgehead atoms. The first-order valence-electron chi connectivity index (χ1n) is 9.01. The monoisotopic (exact) mass is 413 g/mol. The molecular weight excluding hydrogens is 396 g/mol. The van der Waals surface area contributed by atoms with Gasteiger partial charge in [-0.1, -0.05) is 25.4 Å². The van der Waals surface area contributed by atoms with E-state index in [1.165, 1.54) is 41.3 Å². The van der Waals surface area contributed by atoms with Gasteiger partial charge < -0.3 is 15.2 Å². The number of aromatic carboxylic acids is 1. The lowest BCUT2D eigenvalue weighted by atomic mass is 10.0. The van der Waals surface area contributed by atoms with Gasteiger partial charge in [0.2, 0.25) is 0 Å². The number of nitrogens with one attached hydrogen (secondary N) is 1. The van der Waals surface area contributed by atoms with Gasteiger partial charge in [-0.05, 0) is 48.7 Å². The second-order valence-electron chi connectivity index (χ2n) is 7.14. The summed E-state index contributed by atoms with van der Waals surface area (Å²) in [5, 5.41) is 13.9. The Hall–Kier alpha value is -3.19. The van der Waals surface area contributed by atoms with Crippen LogP contribution in [0.3, 0.4) is 0 Å². The van der Waals surface area contributed by atoms with Crippen LogP contribution in [0.1, 0.15) is 61.7 Å². The highest BCUT2D eigenvalue weighted by Crippen LogP contribution is 2.26. The number of carbonyl (C=O) groups is 4. The van der Waals surface area contributed by atoms with Crippen molar-refractivity contribution in [1.29, 1.82) is 0 Å². The minimum Gasteiger partial charge on any atom is -0.545 e. The fourth-order valence-electron chi connectivity index (χ4n) is 3.01. The second kappa shape index (κ2) is 8.05. The lowest BCUT2D eigenvalue weighted by Gasteiger charge is -2.14. The first-order valence-corrected chi connectivity index (χ1v) is 9.39. The van der Waals surface area contributed by atoms with Crippen molar-refractivity contribution in [3.05, 3.63) is 63.7 Å². The van der Waals surface area contributed by atoms with E-state index in [1.807, 2.05) is 13.8 Å². The van der Waals surface area contributed by atoms with Crippen LogP contribution >= 0.6 is 11.6 Å². The quantitative estimate of drug-likeness (QED) is 0.732.